The lowest BCUT2D eigenvalue weighted by Crippen LogP contribution is -2.06. The Morgan fingerprint density at radius 3 is 2.38 bits per heavy atom. The van der Waals surface area contributed by atoms with Crippen LogP contribution in [0, 0.1) is 11.3 Å². The number of hydrogen-bond donors (Lipinski definition) is 2. The monoisotopic (exact) mass is 355 g/mol. The first-order valence-corrected chi connectivity index (χ1v) is 7.48. The standard InChI is InChI=1S/C18H12F3N5/c19-18(20,21)13-2-1-3-15(10-13)25-17-23-9-8-16(26-17)24-14-6-4-12(11-22)5-7-14/h1-10H,(H2,23,24,25,26). The number of benzene rings is 2. The predicted molar refractivity (Wildman–Crippen MR) is 91.2 cm³/mol. The lowest BCUT2D eigenvalue weighted by molar-refractivity contribution is -0.137. The van der Waals surface area contributed by atoms with Crippen molar-refractivity contribution in [3.05, 3.63) is 71.9 Å². The van der Waals surface area contributed by atoms with Crippen LogP contribution in [0.4, 0.5) is 36.3 Å². The average Bonchev–Trinajstić information content (AvgIpc) is 2.62. The maximum atomic E-state index is 12.8. The zero-order valence-corrected chi connectivity index (χ0v) is 13.2. The number of aromatic nitrogens is 2. The normalized spacial score (nSPS) is 10.8. The zero-order valence-electron chi connectivity index (χ0n) is 13.2. The van der Waals surface area contributed by atoms with Gasteiger partial charge in [0.05, 0.1) is 17.2 Å². The van der Waals surface area contributed by atoms with Crippen LogP contribution in [0.15, 0.2) is 60.8 Å². The zero-order chi connectivity index (χ0) is 18.6. The smallest absolute Gasteiger partial charge is 0.340 e. The van der Waals surface area contributed by atoms with E-state index in [1.807, 2.05) is 6.07 Å². The Morgan fingerprint density at radius 1 is 0.923 bits per heavy atom. The van der Waals surface area contributed by atoms with Crippen LogP contribution in [0.2, 0.25) is 0 Å². The third kappa shape index (κ3) is 4.27. The summed E-state index contributed by atoms with van der Waals surface area (Å²) in [6.07, 6.45) is -2.94. The fourth-order valence-electron chi connectivity index (χ4n) is 2.17. The van der Waals surface area contributed by atoms with Gasteiger partial charge in [0.1, 0.15) is 5.82 Å². The van der Waals surface area contributed by atoms with Gasteiger partial charge in [-0.3, -0.25) is 0 Å². The molecule has 0 bridgehead atoms. The summed E-state index contributed by atoms with van der Waals surface area (Å²) in [6.45, 7) is 0. The number of nitrogens with one attached hydrogen (secondary N) is 2. The van der Waals surface area contributed by atoms with E-state index >= 15 is 0 Å². The number of rotatable bonds is 4. The molecule has 3 aromatic rings. The third-order valence-corrected chi connectivity index (χ3v) is 3.39. The van der Waals surface area contributed by atoms with Gasteiger partial charge in [-0.25, -0.2) is 4.98 Å². The van der Waals surface area contributed by atoms with Crippen molar-refractivity contribution in [3.8, 4) is 6.07 Å². The topological polar surface area (TPSA) is 73.6 Å². The summed E-state index contributed by atoms with van der Waals surface area (Å²) in [5, 5.41) is 14.6. The summed E-state index contributed by atoms with van der Waals surface area (Å²) >= 11 is 0. The Hall–Kier alpha value is -3.60. The van der Waals surface area contributed by atoms with Gasteiger partial charge >= 0.3 is 6.18 Å². The van der Waals surface area contributed by atoms with E-state index in [4.69, 9.17) is 5.26 Å². The van der Waals surface area contributed by atoms with Crippen LogP contribution < -0.4 is 10.6 Å². The highest BCUT2D eigenvalue weighted by molar-refractivity contribution is 5.60. The maximum absolute atomic E-state index is 12.8. The SMILES string of the molecule is N#Cc1ccc(Nc2ccnc(Nc3cccc(C(F)(F)F)c3)n2)cc1. The molecule has 8 heteroatoms. The average molecular weight is 355 g/mol. The van der Waals surface area contributed by atoms with Gasteiger partial charge in [-0.1, -0.05) is 6.07 Å². The molecule has 5 nitrogen and oxygen atoms in total. The molecule has 0 saturated carbocycles. The number of nitrogens with zero attached hydrogens (tertiary/aromatic N) is 3. The number of nitriles is 1. The first kappa shape index (κ1) is 17.2. The fraction of sp³-hybridized carbons (Fsp3) is 0.0556. The van der Waals surface area contributed by atoms with E-state index in [1.165, 1.54) is 18.3 Å². The highest BCUT2D eigenvalue weighted by Crippen LogP contribution is 2.31. The van der Waals surface area contributed by atoms with E-state index in [2.05, 4.69) is 20.6 Å². The van der Waals surface area contributed by atoms with Crippen LogP contribution in [0.3, 0.4) is 0 Å². The molecule has 130 valence electrons. The summed E-state index contributed by atoms with van der Waals surface area (Å²) < 4.78 is 38.3. The molecule has 1 aromatic heterocycles. The van der Waals surface area contributed by atoms with Crippen molar-refractivity contribution in [1.82, 2.24) is 9.97 Å². The molecule has 0 amide bonds. The van der Waals surface area contributed by atoms with Gasteiger partial charge in [0, 0.05) is 17.6 Å². The minimum absolute atomic E-state index is 0.156. The van der Waals surface area contributed by atoms with Crippen molar-refractivity contribution in [3.63, 3.8) is 0 Å². The van der Waals surface area contributed by atoms with E-state index < -0.39 is 11.7 Å². The molecule has 0 aliphatic heterocycles. The first-order chi connectivity index (χ1) is 12.4. The van der Waals surface area contributed by atoms with Gasteiger partial charge in [-0.05, 0) is 48.5 Å². The van der Waals surface area contributed by atoms with E-state index in [0.717, 1.165) is 12.1 Å². The fourth-order valence-corrected chi connectivity index (χ4v) is 2.17. The summed E-state index contributed by atoms with van der Waals surface area (Å²) in [7, 11) is 0. The molecule has 0 aliphatic rings. The van der Waals surface area contributed by atoms with Crippen molar-refractivity contribution in [2.45, 2.75) is 6.18 Å². The van der Waals surface area contributed by atoms with Gasteiger partial charge in [0.15, 0.2) is 0 Å². The molecule has 0 spiro atoms. The van der Waals surface area contributed by atoms with Crippen molar-refractivity contribution < 1.29 is 13.2 Å². The Morgan fingerprint density at radius 2 is 1.69 bits per heavy atom. The first-order valence-electron chi connectivity index (χ1n) is 7.48. The lowest BCUT2D eigenvalue weighted by atomic mass is 10.2. The molecule has 3 rings (SSSR count). The quantitative estimate of drug-likeness (QED) is 0.699. The summed E-state index contributed by atoms with van der Waals surface area (Å²) in [4.78, 5) is 8.23. The molecule has 0 aliphatic carbocycles. The highest BCUT2D eigenvalue weighted by atomic mass is 19.4. The van der Waals surface area contributed by atoms with Gasteiger partial charge in [-0.15, -0.1) is 0 Å². The maximum Gasteiger partial charge on any atom is 0.416 e. The number of hydrogen-bond acceptors (Lipinski definition) is 5. The molecule has 2 N–H and O–H groups in total. The molecule has 0 radical (unpaired) electrons. The molecular weight excluding hydrogens is 343 g/mol. The van der Waals surface area contributed by atoms with E-state index in [-0.39, 0.29) is 11.6 Å². The predicted octanol–water partition coefficient (Wildman–Crippen LogP) is 4.85. The van der Waals surface area contributed by atoms with Crippen molar-refractivity contribution in [2.75, 3.05) is 10.6 Å². The third-order valence-electron chi connectivity index (χ3n) is 3.39. The van der Waals surface area contributed by atoms with E-state index in [1.54, 1.807) is 30.3 Å². The van der Waals surface area contributed by atoms with Crippen LogP contribution in [-0.2, 0) is 6.18 Å². The minimum Gasteiger partial charge on any atom is -0.340 e. The van der Waals surface area contributed by atoms with Crippen LogP contribution in [0.5, 0.6) is 0 Å². The highest BCUT2D eigenvalue weighted by Gasteiger charge is 2.30. The molecule has 0 fully saturated rings. The molecule has 2 aromatic carbocycles. The number of halogens is 3. The minimum atomic E-state index is -4.42. The molecular formula is C18H12F3N5. The van der Waals surface area contributed by atoms with Crippen LogP contribution >= 0.6 is 0 Å². The Kier molecular flexibility index (Phi) is 4.71. The summed E-state index contributed by atoms with van der Waals surface area (Å²) in [5.74, 6) is 0.613. The lowest BCUT2D eigenvalue weighted by Gasteiger charge is -2.11. The van der Waals surface area contributed by atoms with Gasteiger partial charge in [-0.2, -0.15) is 23.4 Å². The molecule has 26 heavy (non-hydrogen) atoms. The Labute approximate surface area is 147 Å². The molecule has 1 heterocycles. The summed E-state index contributed by atoms with van der Waals surface area (Å²) in [6, 6.07) is 15.2. The second kappa shape index (κ2) is 7.11. The van der Waals surface area contributed by atoms with Crippen LogP contribution in [0.25, 0.3) is 0 Å². The van der Waals surface area contributed by atoms with Gasteiger partial charge in [0.25, 0.3) is 0 Å². The van der Waals surface area contributed by atoms with E-state index in [0.29, 0.717) is 17.1 Å². The number of alkyl halides is 3. The largest absolute Gasteiger partial charge is 0.416 e. The molecule has 0 unspecified atom stereocenters. The Bertz CT molecular complexity index is 946. The van der Waals surface area contributed by atoms with E-state index in [9.17, 15) is 13.2 Å². The molecule has 0 saturated heterocycles. The van der Waals surface area contributed by atoms with Crippen molar-refractivity contribution >= 4 is 23.1 Å². The second-order valence-electron chi connectivity index (χ2n) is 5.28. The Balaban J connectivity index is 1.76. The second-order valence-corrected chi connectivity index (χ2v) is 5.28. The van der Waals surface area contributed by atoms with Crippen LogP contribution in [-0.4, -0.2) is 9.97 Å². The number of anilines is 4. The van der Waals surface area contributed by atoms with Crippen LogP contribution in [0.1, 0.15) is 11.1 Å². The van der Waals surface area contributed by atoms with Gasteiger partial charge in [0.2, 0.25) is 5.95 Å². The van der Waals surface area contributed by atoms with Crippen molar-refractivity contribution in [2.24, 2.45) is 0 Å². The summed E-state index contributed by atoms with van der Waals surface area (Å²) in [5.41, 5.74) is 0.725. The van der Waals surface area contributed by atoms with Gasteiger partial charge < -0.3 is 10.6 Å². The van der Waals surface area contributed by atoms with Crippen molar-refractivity contribution in [1.29, 1.82) is 5.26 Å². The molecule has 0 atom stereocenters.